The molecule has 0 amide bonds. The van der Waals surface area contributed by atoms with Crippen molar-refractivity contribution in [2.45, 2.75) is 0 Å². The molecular formula is C57H32N4O2. The maximum Gasteiger partial charge on any atom is 0.164 e. The highest BCUT2D eigenvalue weighted by Crippen LogP contribution is 2.43. The molecule has 4 aromatic heterocycles. The largest absolute Gasteiger partial charge is 0.456 e. The lowest BCUT2D eigenvalue weighted by molar-refractivity contribution is 0.669. The molecule has 63 heavy (non-hydrogen) atoms. The van der Waals surface area contributed by atoms with Gasteiger partial charge in [-0.05, 0) is 99.0 Å². The Hall–Kier alpha value is -8.61. The Morgan fingerprint density at radius 3 is 1.67 bits per heavy atom. The fourth-order valence-corrected chi connectivity index (χ4v) is 9.83. The molecule has 4 heterocycles. The highest BCUT2D eigenvalue weighted by atomic mass is 16.3. The van der Waals surface area contributed by atoms with E-state index in [0.29, 0.717) is 17.5 Å². The first-order chi connectivity index (χ1) is 31.2. The van der Waals surface area contributed by atoms with Gasteiger partial charge < -0.3 is 13.4 Å². The van der Waals surface area contributed by atoms with Crippen LogP contribution in [0.1, 0.15) is 0 Å². The molecule has 0 unspecified atom stereocenters. The van der Waals surface area contributed by atoms with Crippen molar-refractivity contribution in [1.29, 1.82) is 0 Å². The number of fused-ring (bicyclic) bond motifs is 13. The van der Waals surface area contributed by atoms with Crippen molar-refractivity contribution in [2.24, 2.45) is 0 Å². The van der Waals surface area contributed by atoms with E-state index >= 15 is 0 Å². The average molecular weight is 805 g/mol. The molecule has 10 aromatic carbocycles. The molecule has 14 aromatic rings. The van der Waals surface area contributed by atoms with Crippen molar-refractivity contribution in [2.75, 3.05) is 0 Å². The molecule has 0 bridgehead atoms. The van der Waals surface area contributed by atoms with Gasteiger partial charge in [0.1, 0.15) is 22.3 Å². The molecule has 0 aliphatic rings. The van der Waals surface area contributed by atoms with Crippen LogP contribution >= 0.6 is 0 Å². The van der Waals surface area contributed by atoms with E-state index in [2.05, 4.69) is 132 Å². The van der Waals surface area contributed by atoms with Crippen molar-refractivity contribution in [3.05, 3.63) is 194 Å². The second-order valence-electron chi connectivity index (χ2n) is 16.4. The quantitative estimate of drug-likeness (QED) is 0.177. The zero-order chi connectivity index (χ0) is 41.2. The molecule has 14 rings (SSSR count). The number of hydrogen-bond donors (Lipinski definition) is 0. The van der Waals surface area contributed by atoms with E-state index in [1.54, 1.807) is 0 Å². The summed E-state index contributed by atoms with van der Waals surface area (Å²) in [6.45, 7) is 0. The highest BCUT2D eigenvalue weighted by Gasteiger charge is 2.21. The number of para-hydroxylation sites is 1. The molecule has 6 heteroatoms. The summed E-state index contributed by atoms with van der Waals surface area (Å²) in [6, 6.07) is 68.2. The normalized spacial score (nSPS) is 12.1. The predicted octanol–water partition coefficient (Wildman–Crippen LogP) is 15.2. The van der Waals surface area contributed by atoms with Gasteiger partial charge in [-0.15, -0.1) is 0 Å². The lowest BCUT2D eigenvalue weighted by atomic mass is 9.99. The second-order valence-corrected chi connectivity index (χ2v) is 16.4. The van der Waals surface area contributed by atoms with Crippen molar-refractivity contribution in [1.82, 2.24) is 19.5 Å². The predicted molar refractivity (Wildman–Crippen MR) is 258 cm³/mol. The number of benzene rings is 10. The minimum absolute atomic E-state index is 0.562. The summed E-state index contributed by atoms with van der Waals surface area (Å²) in [6.07, 6.45) is 0. The van der Waals surface area contributed by atoms with E-state index in [9.17, 15) is 0 Å². The molecule has 0 spiro atoms. The van der Waals surface area contributed by atoms with Gasteiger partial charge in [-0.2, -0.15) is 0 Å². The fourth-order valence-electron chi connectivity index (χ4n) is 9.83. The van der Waals surface area contributed by atoms with Gasteiger partial charge in [0.2, 0.25) is 0 Å². The van der Waals surface area contributed by atoms with Gasteiger partial charge in [-0.3, -0.25) is 0 Å². The fraction of sp³-hybridized carbons (Fsp3) is 0. The Bertz CT molecular complexity index is 4120. The summed E-state index contributed by atoms with van der Waals surface area (Å²) in [5.74, 6) is 1.72. The van der Waals surface area contributed by atoms with Crippen LogP contribution in [0.15, 0.2) is 203 Å². The van der Waals surface area contributed by atoms with Crippen LogP contribution in [-0.4, -0.2) is 19.5 Å². The number of nitrogens with zero attached hydrogens (tertiary/aromatic N) is 4. The average Bonchev–Trinajstić information content (AvgIpc) is 4.01. The van der Waals surface area contributed by atoms with Gasteiger partial charge in [0.25, 0.3) is 0 Å². The number of furan rings is 2. The van der Waals surface area contributed by atoms with Gasteiger partial charge in [0, 0.05) is 54.7 Å². The lowest BCUT2D eigenvalue weighted by Gasteiger charge is -2.11. The monoisotopic (exact) mass is 804 g/mol. The molecule has 0 atom stereocenters. The Kier molecular flexibility index (Phi) is 7.02. The van der Waals surface area contributed by atoms with Gasteiger partial charge in [0.05, 0.1) is 11.0 Å². The Morgan fingerprint density at radius 2 is 0.905 bits per heavy atom. The van der Waals surface area contributed by atoms with Gasteiger partial charge in [-0.25, -0.2) is 15.0 Å². The van der Waals surface area contributed by atoms with Crippen molar-refractivity contribution >= 4 is 98.0 Å². The van der Waals surface area contributed by atoms with Crippen molar-refractivity contribution in [3.63, 3.8) is 0 Å². The molecule has 0 N–H and O–H groups in total. The first kappa shape index (κ1) is 34.1. The third-order valence-corrected chi connectivity index (χ3v) is 12.8. The summed E-state index contributed by atoms with van der Waals surface area (Å²) in [5, 5.41) is 13.7. The minimum Gasteiger partial charge on any atom is -0.456 e. The smallest absolute Gasteiger partial charge is 0.164 e. The molecular weight excluding hydrogens is 773 g/mol. The van der Waals surface area contributed by atoms with Crippen LogP contribution < -0.4 is 0 Å². The molecule has 292 valence electrons. The highest BCUT2D eigenvalue weighted by molar-refractivity contribution is 6.23. The maximum atomic E-state index is 6.64. The van der Waals surface area contributed by atoms with E-state index in [1.807, 2.05) is 66.7 Å². The third kappa shape index (κ3) is 5.15. The Labute approximate surface area is 358 Å². The Balaban J connectivity index is 0.985. The number of hydrogen-bond acceptors (Lipinski definition) is 5. The van der Waals surface area contributed by atoms with Crippen LogP contribution in [0.5, 0.6) is 0 Å². The summed E-state index contributed by atoms with van der Waals surface area (Å²) in [5.41, 5.74) is 9.27. The summed E-state index contributed by atoms with van der Waals surface area (Å²) in [4.78, 5) is 15.4. The maximum absolute atomic E-state index is 6.64. The van der Waals surface area contributed by atoms with Crippen LogP contribution in [0.25, 0.3) is 138 Å². The molecule has 0 aliphatic heterocycles. The van der Waals surface area contributed by atoms with Crippen molar-refractivity contribution < 1.29 is 8.83 Å². The standard InChI is InChI=1S/C57H32N4O2/c1-2-11-33(12-3-1)55-58-56(39-21-24-43-42-17-8-9-19-49(42)62-52(43)32-39)60-57(59-55)44-18-10-20-50-54(44)53-41-25-23-40(27-38(41)22-26-51(53)63-50)61-47-30-36-15-6-4-13-34(36)28-45(47)46-29-35-14-5-7-16-37(35)31-48(46)61/h1-32H. The summed E-state index contributed by atoms with van der Waals surface area (Å²) < 4.78 is 15.4. The van der Waals surface area contributed by atoms with Crippen LogP contribution in [0.4, 0.5) is 0 Å². The first-order valence-corrected chi connectivity index (χ1v) is 21.2. The first-order valence-electron chi connectivity index (χ1n) is 21.2. The van der Waals surface area contributed by atoms with Gasteiger partial charge in [0.15, 0.2) is 17.5 Å². The molecule has 6 nitrogen and oxygen atoms in total. The molecule has 0 fully saturated rings. The number of rotatable bonds is 4. The van der Waals surface area contributed by atoms with Crippen molar-refractivity contribution in [3.8, 4) is 39.9 Å². The summed E-state index contributed by atoms with van der Waals surface area (Å²) in [7, 11) is 0. The molecule has 0 saturated carbocycles. The molecule has 0 radical (unpaired) electrons. The lowest BCUT2D eigenvalue weighted by Crippen LogP contribution is -2.00. The Morgan fingerprint density at radius 1 is 0.317 bits per heavy atom. The van der Waals surface area contributed by atoms with E-state index in [-0.39, 0.29) is 0 Å². The van der Waals surface area contributed by atoms with Gasteiger partial charge in [-0.1, -0.05) is 127 Å². The molecule has 0 aliphatic carbocycles. The van der Waals surface area contributed by atoms with E-state index in [1.165, 1.54) is 43.4 Å². The topological polar surface area (TPSA) is 69.9 Å². The van der Waals surface area contributed by atoms with Crippen LogP contribution in [0, 0.1) is 0 Å². The van der Waals surface area contributed by atoms with Crippen LogP contribution in [0.2, 0.25) is 0 Å². The minimum atomic E-state index is 0.562. The zero-order valence-electron chi connectivity index (χ0n) is 33.6. The molecule has 0 saturated heterocycles. The zero-order valence-corrected chi connectivity index (χ0v) is 33.6. The summed E-state index contributed by atoms with van der Waals surface area (Å²) >= 11 is 0. The van der Waals surface area contributed by atoms with Crippen LogP contribution in [-0.2, 0) is 0 Å². The third-order valence-electron chi connectivity index (χ3n) is 12.8. The second kappa shape index (κ2) is 12.9. The number of aromatic nitrogens is 4. The van der Waals surface area contributed by atoms with E-state index in [4.69, 9.17) is 23.8 Å². The van der Waals surface area contributed by atoms with Crippen LogP contribution in [0.3, 0.4) is 0 Å². The van der Waals surface area contributed by atoms with E-state index < -0.39 is 0 Å². The van der Waals surface area contributed by atoms with Gasteiger partial charge >= 0.3 is 0 Å². The SMILES string of the molecule is c1ccc(-c2nc(-c3ccc4c(c3)oc3ccccc34)nc(-c3cccc4oc5ccc6cc(-n7c8cc9ccccc9cc8c8cc9ccccc9cc87)ccc6c5c34)n2)cc1. The van der Waals surface area contributed by atoms with E-state index in [0.717, 1.165) is 77.0 Å².